The van der Waals surface area contributed by atoms with Gasteiger partial charge < -0.3 is 24.1 Å². The first-order chi connectivity index (χ1) is 13.9. The van der Waals surface area contributed by atoms with Crippen LogP contribution in [0.5, 0.6) is 5.75 Å². The van der Waals surface area contributed by atoms with Crippen LogP contribution in [-0.2, 0) is 17.8 Å². The van der Waals surface area contributed by atoms with Crippen LogP contribution >= 0.6 is 0 Å². The molecule has 0 spiro atoms. The third-order valence-corrected chi connectivity index (χ3v) is 4.44. The van der Waals surface area contributed by atoms with E-state index in [4.69, 9.17) is 4.74 Å². The molecule has 9 heteroatoms. The van der Waals surface area contributed by atoms with Crippen molar-refractivity contribution in [3.63, 3.8) is 0 Å². The predicted octanol–water partition coefficient (Wildman–Crippen LogP) is 1.27. The summed E-state index contributed by atoms with van der Waals surface area (Å²) in [6, 6.07) is 5.53. The molecule has 0 fully saturated rings. The fraction of sp³-hybridized carbons (Fsp3) is 0.250. The molecule has 2 N–H and O–H groups in total. The van der Waals surface area contributed by atoms with Gasteiger partial charge >= 0.3 is 0 Å². The van der Waals surface area contributed by atoms with Crippen molar-refractivity contribution >= 4 is 11.4 Å². The van der Waals surface area contributed by atoms with Gasteiger partial charge in [-0.2, -0.15) is 0 Å². The maximum Gasteiger partial charge on any atom is 0.278 e. The van der Waals surface area contributed by atoms with Crippen LogP contribution in [0.3, 0.4) is 0 Å². The Hall–Kier alpha value is -3.46. The number of carbonyl (C=O) groups is 1. The molecular weight excluding hydrogens is 381 g/mol. The van der Waals surface area contributed by atoms with Crippen LogP contribution in [0.15, 0.2) is 52.4 Å². The second-order valence-electron chi connectivity index (χ2n) is 6.43. The highest BCUT2D eigenvalue weighted by Crippen LogP contribution is 2.11. The van der Waals surface area contributed by atoms with Gasteiger partial charge in [-0.15, -0.1) is 0 Å². The van der Waals surface area contributed by atoms with E-state index in [2.05, 4.69) is 5.32 Å². The van der Waals surface area contributed by atoms with Gasteiger partial charge in [0.05, 0.1) is 0 Å². The number of benzene rings is 1. The number of hydrogen-bond acceptors (Lipinski definition) is 5. The summed E-state index contributed by atoms with van der Waals surface area (Å²) < 4.78 is 20.5. The number of carbonyl (C=O) groups excluding carboxylic acids is 1. The van der Waals surface area contributed by atoms with Crippen molar-refractivity contribution in [2.45, 2.75) is 19.5 Å². The number of halogens is 1. The molecule has 0 saturated carbocycles. The summed E-state index contributed by atoms with van der Waals surface area (Å²) in [6.45, 7) is 0.892. The van der Waals surface area contributed by atoms with Gasteiger partial charge in [0.25, 0.3) is 11.5 Å². The van der Waals surface area contributed by atoms with E-state index >= 15 is 0 Å². The molecule has 3 rings (SSSR count). The van der Waals surface area contributed by atoms with Crippen molar-refractivity contribution < 1.29 is 19.0 Å². The molecule has 8 nitrogen and oxygen atoms in total. The van der Waals surface area contributed by atoms with E-state index in [1.807, 2.05) is 0 Å². The minimum atomic E-state index is -0.937. The summed E-state index contributed by atoms with van der Waals surface area (Å²) in [5.74, 6) is -1.90. The summed E-state index contributed by atoms with van der Waals surface area (Å²) in [7, 11) is 1.55. The molecule has 0 radical (unpaired) electrons. The summed E-state index contributed by atoms with van der Waals surface area (Å²) in [5, 5.41) is 12.8. The fourth-order valence-electron chi connectivity index (χ4n) is 2.90. The van der Waals surface area contributed by atoms with Crippen LogP contribution < -0.4 is 16.3 Å². The Morgan fingerprint density at radius 1 is 1.21 bits per heavy atom. The summed E-state index contributed by atoms with van der Waals surface area (Å²) in [4.78, 5) is 37.5. The van der Waals surface area contributed by atoms with Gasteiger partial charge in [-0.25, -0.2) is 4.39 Å². The van der Waals surface area contributed by atoms with Crippen molar-refractivity contribution in [3.8, 4) is 5.75 Å². The largest absolute Gasteiger partial charge is 0.503 e. The molecule has 1 amide bonds. The zero-order valence-corrected chi connectivity index (χ0v) is 15.7. The molecule has 0 unspecified atom stereocenters. The predicted molar refractivity (Wildman–Crippen MR) is 104 cm³/mol. The minimum Gasteiger partial charge on any atom is -0.503 e. The number of pyridine rings is 1. The molecule has 0 aliphatic rings. The molecule has 2 aromatic heterocycles. The standard InChI is InChI=1S/C20H20FN3O5/c1-29-10-2-7-23-8-9-24-12-15(17(25)18(26)16(24)20(23)28)19(27)22-11-13-3-5-14(21)6-4-13/h3-6,8-9,12,26H,2,7,10-11H2,1H3,(H,22,27). The maximum absolute atomic E-state index is 13.0. The lowest BCUT2D eigenvalue weighted by atomic mass is 10.2. The molecular formula is C20H20FN3O5. The molecule has 0 bridgehead atoms. The molecule has 2 heterocycles. The van der Waals surface area contributed by atoms with Gasteiger partial charge in [-0.1, -0.05) is 12.1 Å². The smallest absolute Gasteiger partial charge is 0.278 e. The lowest BCUT2D eigenvalue weighted by Crippen LogP contribution is -2.31. The number of hydrogen-bond donors (Lipinski definition) is 2. The minimum absolute atomic E-state index is 0.0725. The number of fused-ring (bicyclic) bond motifs is 1. The van der Waals surface area contributed by atoms with Crippen molar-refractivity contribution in [3.05, 3.63) is 80.4 Å². The van der Waals surface area contributed by atoms with E-state index in [1.54, 1.807) is 7.11 Å². The van der Waals surface area contributed by atoms with Crippen LogP contribution in [0.4, 0.5) is 4.39 Å². The number of amides is 1. The number of nitrogens with one attached hydrogen (secondary N) is 1. The van der Waals surface area contributed by atoms with Gasteiger partial charge in [0, 0.05) is 45.4 Å². The summed E-state index contributed by atoms with van der Waals surface area (Å²) in [5.41, 5.74) is -1.35. The van der Waals surface area contributed by atoms with Gasteiger partial charge in [-0.05, 0) is 24.1 Å². The van der Waals surface area contributed by atoms with Crippen LogP contribution in [0.25, 0.3) is 5.52 Å². The molecule has 3 aromatic rings. The van der Waals surface area contributed by atoms with Crippen molar-refractivity contribution in [1.82, 2.24) is 14.3 Å². The maximum atomic E-state index is 13.0. The summed E-state index contributed by atoms with van der Waals surface area (Å²) >= 11 is 0. The zero-order valence-electron chi connectivity index (χ0n) is 15.7. The van der Waals surface area contributed by atoms with Crippen LogP contribution in [-0.4, -0.2) is 33.7 Å². The van der Waals surface area contributed by atoms with Crippen molar-refractivity contribution in [2.24, 2.45) is 0 Å². The highest BCUT2D eigenvalue weighted by Gasteiger charge is 2.19. The molecule has 0 aliphatic heterocycles. The lowest BCUT2D eigenvalue weighted by molar-refractivity contribution is 0.0949. The second-order valence-corrected chi connectivity index (χ2v) is 6.43. The second kappa shape index (κ2) is 8.70. The topological polar surface area (TPSA) is 102 Å². The Morgan fingerprint density at radius 3 is 2.62 bits per heavy atom. The Kier molecular flexibility index (Phi) is 6.08. The number of nitrogens with zero attached hydrogens (tertiary/aromatic N) is 2. The Bertz CT molecular complexity index is 1150. The highest BCUT2D eigenvalue weighted by molar-refractivity contribution is 5.94. The van der Waals surface area contributed by atoms with E-state index in [1.165, 1.54) is 51.8 Å². The number of rotatable bonds is 7. The van der Waals surface area contributed by atoms with Gasteiger partial charge in [-0.3, -0.25) is 14.4 Å². The van der Waals surface area contributed by atoms with Gasteiger partial charge in [0.15, 0.2) is 11.3 Å². The monoisotopic (exact) mass is 401 g/mol. The van der Waals surface area contributed by atoms with E-state index < -0.39 is 28.5 Å². The quantitative estimate of drug-likeness (QED) is 0.581. The average molecular weight is 401 g/mol. The molecule has 0 aliphatic carbocycles. The molecule has 29 heavy (non-hydrogen) atoms. The first-order valence-corrected chi connectivity index (χ1v) is 8.91. The summed E-state index contributed by atoms with van der Waals surface area (Å²) in [6.07, 6.45) is 4.79. The van der Waals surface area contributed by atoms with Gasteiger partial charge in [0.1, 0.15) is 11.4 Å². The van der Waals surface area contributed by atoms with E-state index in [0.717, 1.165) is 0 Å². The van der Waals surface area contributed by atoms with E-state index in [9.17, 15) is 23.9 Å². The molecule has 1 aromatic carbocycles. The lowest BCUT2D eigenvalue weighted by Gasteiger charge is -2.11. The highest BCUT2D eigenvalue weighted by atomic mass is 19.1. The first kappa shape index (κ1) is 20.3. The third-order valence-electron chi connectivity index (χ3n) is 4.44. The van der Waals surface area contributed by atoms with Crippen LogP contribution in [0.2, 0.25) is 0 Å². The normalized spacial score (nSPS) is 11.0. The average Bonchev–Trinajstić information content (AvgIpc) is 2.71. The van der Waals surface area contributed by atoms with Gasteiger partial charge in [0.2, 0.25) is 5.43 Å². The number of aromatic nitrogens is 2. The van der Waals surface area contributed by atoms with Crippen molar-refractivity contribution in [1.29, 1.82) is 0 Å². The Morgan fingerprint density at radius 2 is 1.93 bits per heavy atom. The fourth-order valence-corrected chi connectivity index (χ4v) is 2.90. The molecule has 152 valence electrons. The molecule has 0 atom stereocenters. The Labute approximate surface area is 164 Å². The third kappa shape index (κ3) is 4.35. The zero-order chi connectivity index (χ0) is 21.0. The van der Waals surface area contributed by atoms with Crippen LogP contribution in [0.1, 0.15) is 22.3 Å². The van der Waals surface area contributed by atoms with Crippen LogP contribution in [0, 0.1) is 5.82 Å². The number of aromatic hydroxyl groups is 1. The van der Waals surface area contributed by atoms with E-state index in [-0.39, 0.29) is 17.6 Å². The van der Waals surface area contributed by atoms with E-state index in [0.29, 0.717) is 25.1 Å². The number of methoxy groups -OCH3 is 1. The number of aryl methyl sites for hydroxylation is 1. The molecule has 0 saturated heterocycles. The number of ether oxygens (including phenoxy) is 1. The SMILES string of the molecule is COCCCn1ccn2cc(C(=O)NCc3ccc(F)cc3)c(=O)c(O)c2c1=O. The van der Waals surface area contributed by atoms with Crippen molar-refractivity contribution in [2.75, 3.05) is 13.7 Å². The Balaban J connectivity index is 1.89. The first-order valence-electron chi connectivity index (χ1n) is 8.91.